The maximum Gasteiger partial charge on any atom is 0.326 e. The van der Waals surface area contributed by atoms with E-state index < -0.39 is 60.2 Å². The second-order valence-electron chi connectivity index (χ2n) is 8.27. The molecule has 1 aliphatic heterocycles. The molecule has 32 heavy (non-hydrogen) atoms. The molecule has 12 heteroatoms. The first kappa shape index (κ1) is 27.7. The van der Waals surface area contributed by atoms with Crippen LogP contribution in [0.25, 0.3) is 0 Å². The molecule has 1 heterocycles. The molecule has 3 amide bonds. The number of hydrogen-bond acceptors (Lipinski definition) is 7. The molecule has 1 saturated heterocycles. The molecule has 4 atom stereocenters. The van der Waals surface area contributed by atoms with Gasteiger partial charge >= 0.3 is 11.9 Å². The summed E-state index contributed by atoms with van der Waals surface area (Å²) in [5, 5.41) is 23.4. The molecule has 4 unspecified atom stereocenters. The second-order valence-corrected chi connectivity index (χ2v) is 9.25. The third-order valence-corrected chi connectivity index (χ3v) is 5.77. The molecule has 182 valence electrons. The van der Waals surface area contributed by atoms with Crippen LogP contribution in [0.5, 0.6) is 0 Å². The van der Waals surface area contributed by atoms with Gasteiger partial charge in [0.25, 0.3) is 0 Å². The van der Waals surface area contributed by atoms with Gasteiger partial charge in [-0.25, -0.2) is 4.79 Å². The van der Waals surface area contributed by atoms with Gasteiger partial charge in [-0.2, -0.15) is 11.8 Å². The van der Waals surface area contributed by atoms with Gasteiger partial charge in [0.2, 0.25) is 17.7 Å². The average molecular weight is 475 g/mol. The van der Waals surface area contributed by atoms with Crippen LogP contribution < -0.4 is 16.4 Å². The molecule has 0 aromatic rings. The van der Waals surface area contributed by atoms with Gasteiger partial charge in [0.05, 0.1) is 12.5 Å². The van der Waals surface area contributed by atoms with Crippen molar-refractivity contribution in [3.05, 3.63) is 0 Å². The van der Waals surface area contributed by atoms with E-state index in [1.807, 2.05) is 20.1 Å². The predicted octanol–water partition coefficient (Wildman–Crippen LogP) is -0.367. The smallest absolute Gasteiger partial charge is 0.326 e. The molecule has 1 rings (SSSR count). The molecular weight excluding hydrogens is 440 g/mol. The Kier molecular flexibility index (Phi) is 11.5. The highest BCUT2D eigenvalue weighted by Gasteiger charge is 2.38. The molecular formula is C20H34N4O7S. The summed E-state index contributed by atoms with van der Waals surface area (Å²) in [5.41, 5.74) is 5.80. The van der Waals surface area contributed by atoms with Crippen molar-refractivity contribution in [3.63, 3.8) is 0 Å². The van der Waals surface area contributed by atoms with Crippen molar-refractivity contribution in [2.45, 2.75) is 70.1 Å². The van der Waals surface area contributed by atoms with E-state index in [-0.39, 0.29) is 18.9 Å². The third-order valence-electron chi connectivity index (χ3n) is 5.12. The van der Waals surface area contributed by atoms with Gasteiger partial charge in [-0.1, -0.05) is 13.8 Å². The number of thioether (sulfide) groups is 1. The number of likely N-dealkylation sites (tertiary alicyclic amines) is 1. The normalized spacial score (nSPS) is 18.7. The number of aliphatic carboxylic acids is 2. The van der Waals surface area contributed by atoms with Gasteiger partial charge in [-0.05, 0) is 43.6 Å². The minimum atomic E-state index is -1.42. The zero-order valence-corrected chi connectivity index (χ0v) is 19.5. The lowest BCUT2D eigenvalue weighted by Crippen LogP contribution is -2.57. The van der Waals surface area contributed by atoms with Crippen LogP contribution >= 0.6 is 11.8 Å². The standard InChI is InChI=1S/C20H34N4O7S/c1-11(2)9-14(19(29)24-7-4-5-15(24)20(30)31)23-18(28)13(10-16(25)26)22-17(27)12(21)6-8-32-3/h11-15H,4-10,21H2,1-3H3,(H,22,27)(H,23,28)(H,25,26)(H,30,31). The van der Waals surface area contributed by atoms with E-state index >= 15 is 0 Å². The Hall–Kier alpha value is -2.34. The number of carboxylic acid groups (broad SMARTS) is 2. The highest BCUT2D eigenvalue weighted by atomic mass is 32.2. The van der Waals surface area contributed by atoms with E-state index in [1.54, 1.807) is 0 Å². The first-order chi connectivity index (χ1) is 15.0. The lowest BCUT2D eigenvalue weighted by molar-refractivity contribution is -0.150. The fourth-order valence-corrected chi connectivity index (χ4v) is 3.98. The zero-order chi connectivity index (χ0) is 24.4. The quantitative estimate of drug-likeness (QED) is 0.238. The van der Waals surface area contributed by atoms with Crippen molar-refractivity contribution in [2.24, 2.45) is 11.7 Å². The van der Waals surface area contributed by atoms with Gasteiger partial charge in [0, 0.05) is 6.54 Å². The lowest BCUT2D eigenvalue weighted by atomic mass is 10.0. The van der Waals surface area contributed by atoms with Crippen molar-refractivity contribution in [1.29, 1.82) is 0 Å². The highest BCUT2D eigenvalue weighted by molar-refractivity contribution is 7.98. The summed E-state index contributed by atoms with van der Waals surface area (Å²) in [7, 11) is 0. The van der Waals surface area contributed by atoms with Crippen LogP contribution in [0.4, 0.5) is 0 Å². The van der Waals surface area contributed by atoms with Crippen LogP contribution in [-0.4, -0.2) is 87.5 Å². The first-order valence-electron chi connectivity index (χ1n) is 10.6. The van der Waals surface area contributed by atoms with Gasteiger partial charge in [-0.15, -0.1) is 0 Å². The summed E-state index contributed by atoms with van der Waals surface area (Å²) in [6.07, 6.45) is 2.62. The monoisotopic (exact) mass is 474 g/mol. The van der Waals surface area contributed by atoms with Crippen molar-refractivity contribution in [1.82, 2.24) is 15.5 Å². The minimum absolute atomic E-state index is 0.0115. The van der Waals surface area contributed by atoms with Gasteiger partial charge in [0.1, 0.15) is 18.1 Å². The van der Waals surface area contributed by atoms with Gasteiger partial charge in [-0.3, -0.25) is 19.2 Å². The average Bonchev–Trinajstić information content (AvgIpc) is 3.19. The number of carbonyl (C=O) groups is 5. The molecule has 11 nitrogen and oxygen atoms in total. The fourth-order valence-electron chi connectivity index (χ4n) is 3.49. The van der Waals surface area contributed by atoms with Crippen LogP contribution in [0.2, 0.25) is 0 Å². The van der Waals surface area contributed by atoms with Gasteiger partial charge < -0.3 is 31.5 Å². The number of rotatable bonds is 13. The molecule has 0 bridgehead atoms. The Morgan fingerprint density at radius 2 is 1.72 bits per heavy atom. The lowest BCUT2D eigenvalue weighted by Gasteiger charge is -2.29. The number of carboxylic acids is 2. The molecule has 0 spiro atoms. The molecule has 1 aliphatic rings. The number of hydrogen-bond donors (Lipinski definition) is 5. The largest absolute Gasteiger partial charge is 0.481 e. The number of nitrogens with one attached hydrogen (secondary N) is 2. The molecule has 0 radical (unpaired) electrons. The molecule has 0 saturated carbocycles. The summed E-state index contributed by atoms with van der Waals surface area (Å²) < 4.78 is 0. The summed E-state index contributed by atoms with van der Waals surface area (Å²) in [4.78, 5) is 62.2. The van der Waals surface area contributed by atoms with Crippen LogP contribution in [0.1, 0.15) is 46.0 Å². The summed E-state index contributed by atoms with van der Waals surface area (Å²) in [6, 6.07) is -4.32. The Balaban J connectivity index is 2.97. The summed E-state index contributed by atoms with van der Waals surface area (Å²) in [5.74, 6) is -3.83. The Bertz CT molecular complexity index is 703. The number of amides is 3. The number of nitrogens with zero attached hydrogens (tertiary/aromatic N) is 1. The molecule has 0 aromatic carbocycles. The van der Waals surface area contributed by atoms with Crippen LogP contribution in [-0.2, 0) is 24.0 Å². The van der Waals surface area contributed by atoms with E-state index in [0.29, 0.717) is 25.0 Å². The SMILES string of the molecule is CSCCC(N)C(=O)NC(CC(=O)O)C(=O)NC(CC(C)C)C(=O)N1CCCC1C(=O)O. The van der Waals surface area contributed by atoms with E-state index in [2.05, 4.69) is 10.6 Å². The van der Waals surface area contributed by atoms with E-state index in [4.69, 9.17) is 5.73 Å². The minimum Gasteiger partial charge on any atom is -0.481 e. The van der Waals surface area contributed by atoms with E-state index in [9.17, 15) is 34.2 Å². The van der Waals surface area contributed by atoms with Crippen molar-refractivity contribution in [2.75, 3.05) is 18.6 Å². The van der Waals surface area contributed by atoms with E-state index in [0.717, 1.165) is 0 Å². The first-order valence-corrected chi connectivity index (χ1v) is 12.0. The summed E-state index contributed by atoms with van der Waals surface area (Å²) >= 11 is 1.50. The third kappa shape index (κ3) is 8.65. The van der Waals surface area contributed by atoms with Crippen LogP contribution in [0.3, 0.4) is 0 Å². The number of carbonyl (C=O) groups excluding carboxylic acids is 3. The molecule has 6 N–H and O–H groups in total. The van der Waals surface area contributed by atoms with Crippen LogP contribution in [0, 0.1) is 5.92 Å². The second kappa shape index (κ2) is 13.3. The number of nitrogens with two attached hydrogens (primary N) is 1. The maximum atomic E-state index is 13.0. The Labute approximate surface area is 191 Å². The zero-order valence-electron chi connectivity index (χ0n) is 18.7. The van der Waals surface area contributed by atoms with Crippen molar-refractivity contribution < 1.29 is 34.2 Å². The van der Waals surface area contributed by atoms with Crippen molar-refractivity contribution in [3.8, 4) is 0 Å². The van der Waals surface area contributed by atoms with E-state index in [1.165, 1.54) is 16.7 Å². The fraction of sp³-hybridized carbons (Fsp3) is 0.750. The molecule has 0 aromatic heterocycles. The topological polar surface area (TPSA) is 179 Å². The Morgan fingerprint density at radius 3 is 2.25 bits per heavy atom. The molecule has 1 fully saturated rings. The van der Waals surface area contributed by atoms with Gasteiger partial charge in [0.15, 0.2) is 0 Å². The summed E-state index contributed by atoms with van der Waals surface area (Å²) in [6.45, 7) is 3.94. The predicted molar refractivity (Wildman–Crippen MR) is 119 cm³/mol. The molecule has 0 aliphatic carbocycles. The Morgan fingerprint density at radius 1 is 1.09 bits per heavy atom. The van der Waals surface area contributed by atoms with Crippen LogP contribution in [0.15, 0.2) is 0 Å². The van der Waals surface area contributed by atoms with Crippen molar-refractivity contribution >= 4 is 41.4 Å². The highest BCUT2D eigenvalue weighted by Crippen LogP contribution is 2.20. The maximum absolute atomic E-state index is 13.0.